The van der Waals surface area contributed by atoms with Crippen molar-refractivity contribution in [1.82, 2.24) is 4.98 Å². The van der Waals surface area contributed by atoms with E-state index in [1.165, 1.54) is 37.7 Å². The zero-order chi connectivity index (χ0) is 42.1. The van der Waals surface area contributed by atoms with Gasteiger partial charge in [0.1, 0.15) is 16.7 Å². The van der Waals surface area contributed by atoms with E-state index in [9.17, 15) is 0 Å². The summed E-state index contributed by atoms with van der Waals surface area (Å²) in [6.45, 7) is 0. The van der Waals surface area contributed by atoms with Crippen molar-refractivity contribution in [3.8, 4) is 11.5 Å². The van der Waals surface area contributed by atoms with E-state index in [0.29, 0.717) is 5.89 Å². The molecule has 5 nitrogen and oxygen atoms in total. The number of nitrogens with zero attached hydrogens (tertiary/aromatic N) is 3. The summed E-state index contributed by atoms with van der Waals surface area (Å²) in [5.41, 5.74) is 10.8. The van der Waals surface area contributed by atoms with Gasteiger partial charge in [-0.2, -0.15) is 0 Å². The van der Waals surface area contributed by atoms with Gasteiger partial charge in [0.2, 0.25) is 5.89 Å². The molecule has 11 aromatic carbocycles. The molecule has 0 aliphatic heterocycles. The summed E-state index contributed by atoms with van der Waals surface area (Å²) < 4.78 is 12.4. The van der Waals surface area contributed by atoms with Crippen molar-refractivity contribution in [1.29, 1.82) is 0 Å². The summed E-state index contributed by atoms with van der Waals surface area (Å²) >= 11 is 0. The Kier molecular flexibility index (Phi) is 8.15. The molecule has 0 saturated heterocycles. The highest BCUT2D eigenvalue weighted by Crippen LogP contribution is 2.45. The molecule has 0 aliphatic rings. The minimum absolute atomic E-state index is 0.609. The van der Waals surface area contributed by atoms with Crippen molar-refractivity contribution < 1.29 is 8.83 Å². The molecule has 0 radical (unpaired) electrons. The Hall–Kier alpha value is -8.67. The molecule has 0 atom stereocenters. The Balaban J connectivity index is 0.934. The fourth-order valence-electron chi connectivity index (χ4n) is 9.59. The van der Waals surface area contributed by atoms with Gasteiger partial charge in [0.25, 0.3) is 0 Å². The van der Waals surface area contributed by atoms with E-state index in [4.69, 9.17) is 13.8 Å². The monoisotopic (exact) mass is 819 g/mol. The van der Waals surface area contributed by atoms with Gasteiger partial charge in [-0.25, -0.2) is 4.98 Å². The van der Waals surface area contributed by atoms with Crippen LogP contribution >= 0.6 is 0 Å². The largest absolute Gasteiger partial charge is 0.456 e. The minimum Gasteiger partial charge on any atom is -0.456 e. The lowest BCUT2D eigenvalue weighted by Gasteiger charge is -2.28. The Bertz CT molecular complexity index is 3900. The first kappa shape index (κ1) is 36.0. The maximum atomic E-state index is 6.26. The average Bonchev–Trinajstić information content (AvgIpc) is 3.96. The van der Waals surface area contributed by atoms with Crippen LogP contribution in [0.15, 0.2) is 233 Å². The molecule has 2 heterocycles. The molecule has 300 valence electrons. The van der Waals surface area contributed by atoms with Gasteiger partial charge in [-0.15, -0.1) is 0 Å². The molecule has 0 aliphatic carbocycles. The second kappa shape index (κ2) is 14.5. The number of para-hydroxylation sites is 3. The lowest BCUT2D eigenvalue weighted by Crippen LogP contribution is -2.10. The number of furan rings is 1. The van der Waals surface area contributed by atoms with Gasteiger partial charge in [0.15, 0.2) is 5.58 Å². The molecule has 2 aromatic heterocycles. The second-order valence-corrected chi connectivity index (χ2v) is 16.4. The van der Waals surface area contributed by atoms with Gasteiger partial charge in [0, 0.05) is 49.9 Å². The first-order valence-electron chi connectivity index (χ1n) is 21.6. The van der Waals surface area contributed by atoms with Crippen LogP contribution in [0.3, 0.4) is 0 Å². The number of hydrogen-bond donors (Lipinski definition) is 0. The van der Waals surface area contributed by atoms with Crippen LogP contribution < -0.4 is 9.80 Å². The fraction of sp³-hybridized carbons (Fsp3) is 0. The van der Waals surface area contributed by atoms with E-state index in [0.717, 1.165) is 78.1 Å². The standard InChI is InChI=1S/C59H37N3O2/c1-3-15-49-38(11-1)13-9-19-54(49)61(43-27-25-40(26-28-43)59-60-53-18-6-8-22-58(53)64-59)44-29-32-47-41(35-44)23-24-42-36-45(30-33-48(42)47)62(55-20-10-14-39-12-2-4-16-50(39)55)46-31-34-57-52(37-46)51-17-5-7-21-56(51)63-57/h1-37H. The van der Waals surface area contributed by atoms with E-state index < -0.39 is 0 Å². The summed E-state index contributed by atoms with van der Waals surface area (Å²) in [6, 6.07) is 79.7. The molecule has 5 heteroatoms. The highest BCUT2D eigenvalue weighted by Gasteiger charge is 2.20. The van der Waals surface area contributed by atoms with Gasteiger partial charge in [-0.3, -0.25) is 0 Å². The third-order valence-electron chi connectivity index (χ3n) is 12.6. The van der Waals surface area contributed by atoms with E-state index in [-0.39, 0.29) is 0 Å². The first-order chi connectivity index (χ1) is 31.7. The van der Waals surface area contributed by atoms with Crippen molar-refractivity contribution in [3.05, 3.63) is 224 Å². The third kappa shape index (κ3) is 5.90. The minimum atomic E-state index is 0.609. The summed E-state index contributed by atoms with van der Waals surface area (Å²) in [5.74, 6) is 0.609. The van der Waals surface area contributed by atoms with Gasteiger partial charge in [0.05, 0.1) is 11.4 Å². The van der Waals surface area contributed by atoms with Crippen LogP contribution in [0.2, 0.25) is 0 Å². The highest BCUT2D eigenvalue weighted by molar-refractivity contribution is 6.12. The number of fused-ring (bicyclic) bond motifs is 9. The van der Waals surface area contributed by atoms with Crippen molar-refractivity contribution in [2.75, 3.05) is 9.80 Å². The van der Waals surface area contributed by atoms with E-state index >= 15 is 0 Å². The van der Waals surface area contributed by atoms with Crippen LogP contribution in [0.1, 0.15) is 0 Å². The van der Waals surface area contributed by atoms with E-state index in [1.807, 2.05) is 36.4 Å². The third-order valence-corrected chi connectivity index (χ3v) is 12.6. The maximum absolute atomic E-state index is 6.26. The van der Waals surface area contributed by atoms with Crippen molar-refractivity contribution in [3.63, 3.8) is 0 Å². The Morgan fingerprint density at radius 3 is 1.45 bits per heavy atom. The van der Waals surface area contributed by atoms with Crippen molar-refractivity contribution in [2.45, 2.75) is 0 Å². The van der Waals surface area contributed by atoms with Crippen LogP contribution in [-0.2, 0) is 0 Å². The summed E-state index contributed by atoms with van der Waals surface area (Å²) in [6.07, 6.45) is 0. The molecular weight excluding hydrogens is 783 g/mol. The van der Waals surface area contributed by atoms with Crippen LogP contribution in [0.5, 0.6) is 0 Å². The number of oxazole rings is 1. The van der Waals surface area contributed by atoms with Gasteiger partial charge in [-0.1, -0.05) is 127 Å². The van der Waals surface area contributed by atoms with Gasteiger partial charge in [-0.05, 0) is 129 Å². The SMILES string of the molecule is c1ccc2c(N(c3ccc(-c4nc5ccccc5o4)cc3)c3ccc4c(ccc5cc(N(c6ccc7oc8ccccc8c7c6)c6cccc7ccccc67)ccc54)c3)cccc2c1. The summed E-state index contributed by atoms with van der Waals surface area (Å²) in [4.78, 5) is 9.50. The van der Waals surface area contributed by atoms with Crippen LogP contribution in [0.4, 0.5) is 34.1 Å². The summed E-state index contributed by atoms with van der Waals surface area (Å²) in [5, 5.41) is 11.7. The first-order valence-corrected chi connectivity index (χ1v) is 21.6. The number of anilines is 6. The lowest BCUT2D eigenvalue weighted by atomic mass is 9.99. The predicted octanol–water partition coefficient (Wildman–Crippen LogP) is 16.9. The zero-order valence-corrected chi connectivity index (χ0v) is 34.5. The van der Waals surface area contributed by atoms with Crippen molar-refractivity contribution >= 4 is 110 Å². The summed E-state index contributed by atoms with van der Waals surface area (Å²) in [7, 11) is 0. The molecular formula is C59H37N3O2. The second-order valence-electron chi connectivity index (χ2n) is 16.4. The molecule has 0 amide bonds. The van der Waals surface area contributed by atoms with Gasteiger partial charge < -0.3 is 18.6 Å². The Labute approximate surface area is 368 Å². The smallest absolute Gasteiger partial charge is 0.227 e. The molecule has 0 unspecified atom stereocenters. The zero-order valence-electron chi connectivity index (χ0n) is 34.5. The molecule has 0 bridgehead atoms. The molecule has 0 saturated carbocycles. The van der Waals surface area contributed by atoms with Crippen LogP contribution in [0, 0.1) is 0 Å². The molecule has 0 spiro atoms. The predicted molar refractivity (Wildman–Crippen MR) is 266 cm³/mol. The molecule has 64 heavy (non-hydrogen) atoms. The quantitative estimate of drug-likeness (QED) is 0.150. The number of hydrogen-bond acceptors (Lipinski definition) is 5. The normalized spacial score (nSPS) is 11.8. The fourth-order valence-corrected chi connectivity index (χ4v) is 9.59. The average molecular weight is 820 g/mol. The Morgan fingerprint density at radius 1 is 0.297 bits per heavy atom. The van der Waals surface area contributed by atoms with Crippen LogP contribution in [-0.4, -0.2) is 4.98 Å². The van der Waals surface area contributed by atoms with Crippen molar-refractivity contribution in [2.24, 2.45) is 0 Å². The van der Waals surface area contributed by atoms with Crippen LogP contribution in [0.25, 0.3) is 87.6 Å². The Morgan fingerprint density at radius 2 is 0.797 bits per heavy atom. The topological polar surface area (TPSA) is 45.7 Å². The number of benzene rings is 11. The van der Waals surface area contributed by atoms with Gasteiger partial charge >= 0.3 is 0 Å². The molecule has 13 aromatic rings. The molecule has 0 fully saturated rings. The lowest BCUT2D eigenvalue weighted by molar-refractivity contribution is 0.620. The molecule has 13 rings (SSSR count). The molecule has 0 N–H and O–H groups in total. The number of aromatic nitrogens is 1. The maximum Gasteiger partial charge on any atom is 0.227 e. The highest BCUT2D eigenvalue weighted by atomic mass is 16.3. The van der Waals surface area contributed by atoms with E-state index in [1.54, 1.807) is 0 Å². The van der Waals surface area contributed by atoms with E-state index in [2.05, 4.69) is 198 Å². The number of rotatable bonds is 7.